The topological polar surface area (TPSA) is 77.7 Å². The second kappa shape index (κ2) is 10.6. The van der Waals surface area contributed by atoms with Crippen molar-refractivity contribution in [1.29, 1.82) is 0 Å². The van der Waals surface area contributed by atoms with Gasteiger partial charge in [-0.3, -0.25) is 9.69 Å². The zero-order valence-electron chi connectivity index (χ0n) is 19.4. The van der Waals surface area contributed by atoms with Gasteiger partial charge in [0.1, 0.15) is 0 Å². The van der Waals surface area contributed by atoms with Crippen LogP contribution >= 0.6 is 0 Å². The van der Waals surface area contributed by atoms with E-state index in [1.165, 1.54) is 0 Å². The minimum Gasteiger partial charge on any atom is -0.379 e. The number of aromatic nitrogens is 1. The summed E-state index contributed by atoms with van der Waals surface area (Å²) >= 11 is 0. The molecule has 1 fully saturated rings. The third-order valence-electron chi connectivity index (χ3n) is 6.25. The molecule has 7 nitrogen and oxygen atoms in total. The maximum absolute atomic E-state index is 13.1. The zero-order valence-corrected chi connectivity index (χ0v) is 19.4. The van der Waals surface area contributed by atoms with Gasteiger partial charge in [-0.05, 0) is 36.6 Å². The van der Waals surface area contributed by atoms with Crippen LogP contribution in [0, 0.1) is 13.8 Å². The molecule has 33 heavy (non-hydrogen) atoms. The van der Waals surface area contributed by atoms with Gasteiger partial charge < -0.3 is 19.9 Å². The number of amides is 2. The normalized spacial score (nSPS) is 14.4. The predicted octanol–water partition coefficient (Wildman–Crippen LogP) is 3.19. The van der Waals surface area contributed by atoms with Crippen molar-refractivity contribution < 1.29 is 9.53 Å². The lowest BCUT2D eigenvalue weighted by Crippen LogP contribution is -2.46. The second-order valence-electron chi connectivity index (χ2n) is 8.63. The summed E-state index contributed by atoms with van der Waals surface area (Å²) in [5.41, 5.74) is 4.47. The molecule has 1 saturated heterocycles. The molecule has 0 radical (unpaired) electrons. The summed E-state index contributed by atoms with van der Waals surface area (Å²) in [6.07, 6.45) is 0. The number of benzene rings is 2. The van der Waals surface area contributed by atoms with Gasteiger partial charge in [-0.1, -0.05) is 42.5 Å². The van der Waals surface area contributed by atoms with E-state index in [2.05, 4.69) is 21.3 Å². The predicted molar refractivity (Wildman–Crippen MR) is 130 cm³/mol. The standard InChI is InChI=1S/C26H32N4O3/c1-19-8-9-20(2)24-23(19)16-22(25(31)28-24)18-30(11-10-29-12-14-33-15-13-29)26(32)27-17-21-6-4-3-5-7-21/h3-9,16H,10-15,17-18H2,1-2H3,(H,27,32)(H,28,31). The molecule has 1 aliphatic rings. The van der Waals surface area contributed by atoms with Crippen LogP contribution in [0.3, 0.4) is 0 Å². The van der Waals surface area contributed by atoms with Crippen LogP contribution in [0.2, 0.25) is 0 Å². The average molecular weight is 449 g/mol. The fourth-order valence-corrected chi connectivity index (χ4v) is 4.17. The van der Waals surface area contributed by atoms with Crippen molar-refractivity contribution in [2.45, 2.75) is 26.9 Å². The molecule has 0 unspecified atom stereocenters. The largest absolute Gasteiger partial charge is 0.379 e. The van der Waals surface area contributed by atoms with Gasteiger partial charge in [-0.2, -0.15) is 0 Å². The minimum absolute atomic E-state index is 0.150. The molecule has 0 aliphatic carbocycles. The number of nitrogens with zero attached hydrogens (tertiary/aromatic N) is 2. The number of carbonyl (C=O) groups is 1. The van der Waals surface area contributed by atoms with Crippen LogP contribution in [-0.4, -0.2) is 60.2 Å². The summed E-state index contributed by atoms with van der Waals surface area (Å²) in [7, 11) is 0. The van der Waals surface area contributed by atoms with Crippen molar-refractivity contribution in [2.24, 2.45) is 0 Å². The van der Waals surface area contributed by atoms with E-state index >= 15 is 0 Å². The molecule has 2 N–H and O–H groups in total. The first-order chi connectivity index (χ1) is 16.0. The Morgan fingerprint density at radius 1 is 1.09 bits per heavy atom. The third-order valence-corrected chi connectivity index (χ3v) is 6.25. The summed E-state index contributed by atoms with van der Waals surface area (Å²) < 4.78 is 5.43. The fraction of sp³-hybridized carbons (Fsp3) is 0.385. The molecule has 2 aromatic carbocycles. The smallest absolute Gasteiger partial charge is 0.318 e. The van der Waals surface area contributed by atoms with Crippen LogP contribution in [0.25, 0.3) is 10.9 Å². The Kier molecular flexibility index (Phi) is 7.42. The molecule has 7 heteroatoms. The number of carbonyl (C=O) groups excluding carboxylic acids is 1. The fourth-order valence-electron chi connectivity index (χ4n) is 4.17. The highest BCUT2D eigenvalue weighted by atomic mass is 16.5. The number of morpholine rings is 1. The molecule has 1 aromatic heterocycles. The summed E-state index contributed by atoms with van der Waals surface area (Å²) in [5, 5.41) is 4.03. The lowest BCUT2D eigenvalue weighted by Gasteiger charge is -2.30. The maximum atomic E-state index is 13.1. The van der Waals surface area contributed by atoms with E-state index in [1.807, 2.05) is 56.3 Å². The number of hydrogen-bond acceptors (Lipinski definition) is 4. The van der Waals surface area contributed by atoms with Crippen molar-refractivity contribution in [2.75, 3.05) is 39.4 Å². The quantitative estimate of drug-likeness (QED) is 0.582. The van der Waals surface area contributed by atoms with Crippen molar-refractivity contribution in [3.63, 3.8) is 0 Å². The average Bonchev–Trinajstić information content (AvgIpc) is 2.84. The van der Waals surface area contributed by atoms with Crippen molar-refractivity contribution in [1.82, 2.24) is 20.1 Å². The summed E-state index contributed by atoms with van der Waals surface area (Å²) in [4.78, 5) is 33.1. The zero-order chi connectivity index (χ0) is 23.2. The Morgan fingerprint density at radius 2 is 1.82 bits per heavy atom. The number of ether oxygens (including phenoxy) is 1. The first-order valence-electron chi connectivity index (χ1n) is 11.5. The van der Waals surface area contributed by atoms with Crippen LogP contribution in [-0.2, 0) is 17.8 Å². The molecule has 0 spiro atoms. The molecular weight excluding hydrogens is 416 g/mol. The molecule has 1 aliphatic heterocycles. The van der Waals surface area contributed by atoms with Crippen LogP contribution in [0.15, 0.2) is 53.3 Å². The third kappa shape index (κ3) is 5.80. The van der Waals surface area contributed by atoms with Crippen molar-refractivity contribution in [3.05, 3.63) is 81.1 Å². The molecule has 4 rings (SSSR count). The Morgan fingerprint density at radius 3 is 2.58 bits per heavy atom. The number of rotatable bonds is 7. The highest BCUT2D eigenvalue weighted by Gasteiger charge is 2.19. The first-order valence-corrected chi connectivity index (χ1v) is 11.5. The van der Waals surface area contributed by atoms with Crippen molar-refractivity contribution >= 4 is 16.9 Å². The van der Waals surface area contributed by atoms with Crippen molar-refractivity contribution in [3.8, 4) is 0 Å². The van der Waals surface area contributed by atoms with E-state index in [1.54, 1.807) is 4.90 Å². The first kappa shape index (κ1) is 23.0. The van der Waals surface area contributed by atoms with Crippen LogP contribution in [0.4, 0.5) is 4.79 Å². The lowest BCUT2D eigenvalue weighted by molar-refractivity contribution is 0.0346. The van der Waals surface area contributed by atoms with Gasteiger partial charge in [0.15, 0.2) is 0 Å². The molecule has 0 saturated carbocycles. The monoisotopic (exact) mass is 448 g/mol. The number of aromatic amines is 1. The Hall–Kier alpha value is -3.16. The van der Waals surface area contributed by atoms with E-state index in [0.29, 0.717) is 31.9 Å². The molecule has 0 bridgehead atoms. The van der Waals surface area contributed by atoms with Gasteiger partial charge >= 0.3 is 6.03 Å². The number of urea groups is 1. The number of nitrogens with one attached hydrogen (secondary N) is 2. The van der Waals surface area contributed by atoms with Gasteiger partial charge in [-0.15, -0.1) is 0 Å². The van der Waals surface area contributed by atoms with E-state index in [4.69, 9.17) is 4.74 Å². The Balaban J connectivity index is 1.54. The number of hydrogen-bond donors (Lipinski definition) is 2. The van der Waals surface area contributed by atoms with Crippen LogP contribution in [0.1, 0.15) is 22.3 Å². The highest BCUT2D eigenvalue weighted by molar-refractivity contribution is 5.85. The number of aryl methyl sites for hydroxylation is 2. The van der Waals surface area contributed by atoms with E-state index < -0.39 is 0 Å². The van der Waals surface area contributed by atoms with Gasteiger partial charge in [-0.25, -0.2) is 4.79 Å². The summed E-state index contributed by atoms with van der Waals surface area (Å²) in [5.74, 6) is 0. The molecule has 2 amide bonds. The van der Waals surface area contributed by atoms with Crippen LogP contribution < -0.4 is 10.9 Å². The second-order valence-corrected chi connectivity index (χ2v) is 8.63. The van der Waals surface area contributed by atoms with E-state index in [0.717, 1.165) is 47.2 Å². The van der Waals surface area contributed by atoms with E-state index in [-0.39, 0.29) is 18.1 Å². The molecular formula is C26H32N4O3. The SMILES string of the molecule is Cc1ccc(C)c2[nH]c(=O)c(CN(CCN3CCOCC3)C(=O)NCc3ccccc3)cc12. The number of H-pyrrole nitrogens is 1. The maximum Gasteiger partial charge on any atom is 0.318 e. The number of fused-ring (bicyclic) bond motifs is 1. The molecule has 174 valence electrons. The molecule has 3 aromatic rings. The Labute approximate surface area is 194 Å². The van der Waals surface area contributed by atoms with Gasteiger partial charge in [0.25, 0.3) is 5.56 Å². The Bertz CT molecular complexity index is 1150. The molecule has 2 heterocycles. The van der Waals surface area contributed by atoms with E-state index in [9.17, 15) is 9.59 Å². The van der Waals surface area contributed by atoms with Gasteiger partial charge in [0, 0.05) is 43.7 Å². The molecule has 0 atom stereocenters. The minimum atomic E-state index is -0.174. The lowest BCUT2D eigenvalue weighted by atomic mass is 10.0. The number of pyridine rings is 1. The summed E-state index contributed by atoms with van der Waals surface area (Å²) in [6.45, 7) is 9.13. The highest BCUT2D eigenvalue weighted by Crippen LogP contribution is 2.20. The summed E-state index contributed by atoms with van der Waals surface area (Å²) in [6, 6.07) is 15.7. The van der Waals surface area contributed by atoms with Crippen LogP contribution in [0.5, 0.6) is 0 Å². The van der Waals surface area contributed by atoms with Gasteiger partial charge in [0.05, 0.1) is 25.3 Å². The van der Waals surface area contributed by atoms with Gasteiger partial charge in [0.2, 0.25) is 0 Å².